The Bertz CT molecular complexity index is 502. The Morgan fingerprint density at radius 2 is 1.67 bits per heavy atom. The van der Waals surface area contributed by atoms with E-state index in [0.29, 0.717) is 11.1 Å². The molecule has 0 aromatic heterocycles. The minimum Gasteiger partial charge on any atom is -0.254 e. The Morgan fingerprint density at radius 3 is 2.22 bits per heavy atom. The van der Waals surface area contributed by atoms with Crippen molar-refractivity contribution in [3.8, 4) is 0 Å². The first-order chi connectivity index (χ1) is 8.53. The molecule has 1 aliphatic rings. The van der Waals surface area contributed by atoms with Gasteiger partial charge in [0.15, 0.2) is 5.41 Å². The normalized spacial score (nSPS) is 15.9. The zero-order valence-electron chi connectivity index (χ0n) is 8.91. The predicted molar refractivity (Wildman–Crippen MR) is 58.4 cm³/mol. The Labute approximate surface area is 109 Å². The molecule has 2 rings (SSSR count). The van der Waals surface area contributed by atoms with Crippen molar-refractivity contribution in [1.29, 1.82) is 0 Å². The van der Waals surface area contributed by atoms with E-state index in [9.17, 15) is 18.6 Å². The summed E-state index contributed by atoms with van der Waals surface area (Å²) in [6, 6.07) is 5.04. The molecule has 1 aliphatic carbocycles. The van der Waals surface area contributed by atoms with E-state index in [1.54, 1.807) is 18.2 Å². The van der Waals surface area contributed by atoms with E-state index in [1.165, 1.54) is 0 Å². The van der Waals surface area contributed by atoms with E-state index in [1.807, 2.05) is 0 Å². The molecule has 4 nitrogen and oxygen atoms in total. The van der Waals surface area contributed by atoms with Crippen LogP contribution in [0.1, 0.15) is 11.1 Å². The molecular formula is C11H7BrF2O4. The third-order valence-electron chi connectivity index (χ3n) is 3.07. The summed E-state index contributed by atoms with van der Waals surface area (Å²) in [5.41, 5.74) is -0.693. The lowest BCUT2D eigenvalue weighted by atomic mass is 9.85. The van der Waals surface area contributed by atoms with Crippen molar-refractivity contribution in [2.45, 2.75) is 12.8 Å². The molecular weight excluding hydrogens is 314 g/mol. The molecule has 0 unspecified atom stereocenters. The molecule has 0 atom stereocenters. The van der Waals surface area contributed by atoms with Gasteiger partial charge in [-0.15, -0.1) is 0 Å². The number of carbonyl (C=O) groups excluding carboxylic acids is 2. The zero-order chi connectivity index (χ0) is 13.3. The maximum Gasteiger partial charge on any atom is 0.366 e. The molecule has 0 N–H and O–H groups in total. The molecule has 0 spiro atoms. The summed E-state index contributed by atoms with van der Waals surface area (Å²) in [7, 11) is 0. The van der Waals surface area contributed by atoms with Gasteiger partial charge in [0.05, 0.1) is 0 Å². The Hall–Kier alpha value is -1.50. The van der Waals surface area contributed by atoms with Crippen LogP contribution in [0.3, 0.4) is 0 Å². The highest BCUT2D eigenvalue weighted by Crippen LogP contribution is 2.40. The van der Waals surface area contributed by atoms with Crippen LogP contribution in [-0.2, 0) is 32.3 Å². The number of hydrogen-bond acceptors (Lipinski definition) is 4. The maximum absolute atomic E-state index is 12.1. The van der Waals surface area contributed by atoms with E-state index in [0.717, 1.165) is 4.47 Å². The minimum absolute atomic E-state index is 0.152. The van der Waals surface area contributed by atoms with Gasteiger partial charge < -0.3 is 0 Å². The molecule has 0 saturated heterocycles. The first-order valence-electron chi connectivity index (χ1n) is 4.97. The van der Waals surface area contributed by atoms with Crippen molar-refractivity contribution in [2.75, 3.05) is 0 Å². The number of carbonyl (C=O) groups is 2. The molecule has 0 saturated carbocycles. The number of fused-ring (bicyclic) bond motifs is 1. The van der Waals surface area contributed by atoms with E-state index in [-0.39, 0.29) is 12.8 Å². The fourth-order valence-corrected chi connectivity index (χ4v) is 2.57. The molecule has 18 heavy (non-hydrogen) atoms. The lowest BCUT2D eigenvalue weighted by Gasteiger charge is -2.18. The Balaban J connectivity index is 2.43. The smallest absolute Gasteiger partial charge is 0.254 e. The van der Waals surface area contributed by atoms with Gasteiger partial charge in [-0.05, 0) is 23.3 Å². The predicted octanol–water partition coefficient (Wildman–Crippen LogP) is 2.39. The van der Waals surface area contributed by atoms with Gasteiger partial charge >= 0.3 is 11.9 Å². The average Bonchev–Trinajstić information content (AvgIpc) is 2.76. The number of halogens is 3. The number of benzene rings is 1. The van der Waals surface area contributed by atoms with Gasteiger partial charge in [-0.3, -0.25) is 9.88 Å². The highest BCUT2D eigenvalue weighted by atomic mass is 79.9. The summed E-state index contributed by atoms with van der Waals surface area (Å²) in [6.45, 7) is 0. The van der Waals surface area contributed by atoms with Gasteiger partial charge in [-0.25, -0.2) is 9.59 Å². The highest BCUT2D eigenvalue weighted by molar-refractivity contribution is 9.10. The molecule has 0 radical (unpaired) electrons. The maximum atomic E-state index is 12.1. The minimum atomic E-state index is -1.98. The average molecular weight is 321 g/mol. The largest absolute Gasteiger partial charge is 0.366 e. The van der Waals surface area contributed by atoms with Crippen molar-refractivity contribution in [3.63, 3.8) is 0 Å². The van der Waals surface area contributed by atoms with Crippen molar-refractivity contribution in [2.24, 2.45) is 5.41 Å². The van der Waals surface area contributed by atoms with Crippen LogP contribution in [0.25, 0.3) is 0 Å². The quantitative estimate of drug-likeness (QED) is 0.785. The highest BCUT2D eigenvalue weighted by Gasteiger charge is 2.54. The number of hydrogen-bond donors (Lipinski definition) is 0. The lowest BCUT2D eigenvalue weighted by molar-refractivity contribution is -0.216. The summed E-state index contributed by atoms with van der Waals surface area (Å²) < 4.78 is 24.9. The summed E-state index contributed by atoms with van der Waals surface area (Å²) in [5, 5.41) is 0. The van der Waals surface area contributed by atoms with Gasteiger partial charge in [-0.2, -0.15) is 0 Å². The number of rotatable bonds is 2. The monoisotopic (exact) mass is 320 g/mol. The fraction of sp³-hybridized carbons (Fsp3) is 0.273. The second kappa shape index (κ2) is 4.64. The standard InChI is InChI=1S/C11H7BrF2O4/c12-8-2-1-6-4-11(9(15)17-13,10(16)18-14)5-7(6)3-8/h1-3H,4-5H2. The third-order valence-corrected chi connectivity index (χ3v) is 3.57. The summed E-state index contributed by atoms with van der Waals surface area (Å²) in [5.74, 6) is -2.89. The van der Waals surface area contributed by atoms with E-state index < -0.39 is 17.4 Å². The van der Waals surface area contributed by atoms with Crippen LogP contribution in [0.2, 0.25) is 0 Å². The van der Waals surface area contributed by atoms with Crippen LogP contribution in [0.4, 0.5) is 9.05 Å². The fourth-order valence-electron chi connectivity index (χ4n) is 2.16. The van der Waals surface area contributed by atoms with E-state index in [4.69, 9.17) is 0 Å². The second-order valence-corrected chi connectivity index (χ2v) is 4.99. The van der Waals surface area contributed by atoms with Crippen LogP contribution < -0.4 is 0 Å². The van der Waals surface area contributed by atoms with E-state index >= 15 is 0 Å². The molecule has 0 aliphatic heterocycles. The lowest BCUT2D eigenvalue weighted by Crippen LogP contribution is -2.41. The first-order valence-corrected chi connectivity index (χ1v) is 5.76. The molecule has 0 bridgehead atoms. The SMILES string of the molecule is O=C(OF)C1(C(=O)OF)Cc2ccc(Br)cc2C1. The van der Waals surface area contributed by atoms with Crippen LogP contribution in [-0.4, -0.2) is 11.9 Å². The Morgan fingerprint density at radius 1 is 1.11 bits per heavy atom. The zero-order valence-corrected chi connectivity index (χ0v) is 10.5. The molecule has 1 aromatic rings. The van der Waals surface area contributed by atoms with Crippen molar-refractivity contribution < 1.29 is 28.5 Å². The Kier molecular flexibility index (Phi) is 3.34. The van der Waals surface area contributed by atoms with Crippen LogP contribution in [0.5, 0.6) is 0 Å². The van der Waals surface area contributed by atoms with Gasteiger partial charge in [0.2, 0.25) is 0 Å². The van der Waals surface area contributed by atoms with Crippen LogP contribution >= 0.6 is 15.9 Å². The molecule has 0 amide bonds. The summed E-state index contributed by atoms with van der Waals surface area (Å²) in [4.78, 5) is 29.0. The van der Waals surface area contributed by atoms with Gasteiger partial charge in [0.25, 0.3) is 0 Å². The van der Waals surface area contributed by atoms with Gasteiger partial charge in [-0.1, -0.05) is 22.0 Å². The second-order valence-electron chi connectivity index (χ2n) is 4.08. The summed E-state index contributed by atoms with van der Waals surface area (Å²) in [6.07, 6.45) is -0.311. The molecule has 7 heteroatoms. The van der Waals surface area contributed by atoms with Gasteiger partial charge in [0, 0.05) is 26.4 Å². The van der Waals surface area contributed by atoms with Gasteiger partial charge in [0.1, 0.15) is 0 Å². The first kappa shape index (κ1) is 12.9. The third kappa shape index (κ3) is 1.88. The van der Waals surface area contributed by atoms with Crippen LogP contribution in [0.15, 0.2) is 22.7 Å². The summed E-state index contributed by atoms with van der Waals surface area (Å²) >= 11 is 3.23. The molecule has 1 aromatic carbocycles. The molecule has 0 fully saturated rings. The van der Waals surface area contributed by atoms with Crippen molar-refractivity contribution in [1.82, 2.24) is 0 Å². The topological polar surface area (TPSA) is 52.6 Å². The van der Waals surface area contributed by atoms with Crippen LogP contribution in [0, 0.1) is 5.41 Å². The van der Waals surface area contributed by atoms with Crippen molar-refractivity contribution in [3.05, 3.63) is 33.8 Å². The molecule has 96 valence electrons. The molecule has 0 heterocycles. The van der Waals surface area contributed by atoms with Crippen molar-refractivity contribution >= 4 is 27.9 Å². The van der Waals surface area contributed by atoms with E-state index in [2.05, 4.69) is 25.8 Å².